The van der Waals surface area contributed by atoms with E-state index in [0.29, 0.717) is 5.13 Å². The third-order valence-corrected chi connectivity index (χ3v) is 1.60. The summed E-state index contributed by atoms with van der Waals surface area (Å²) in [6.07, 6.45) is 0. The van der Waals surface area contributed by atoms with Crippen LogP contribution in [0.3, 0.4) is 0 Å². The molecule has 0 radical (unpaired) electrons. The number of hydrogen-bond acceptors (Lipinski definition) is 4. The van der Waals surface area contributed by atoms with Crippen molar-refractivity contribution in [1.29, 1.82) is 0 Å². The number of nitrogens with zero attached hydrogens (tertiary/aromatic N) is 3. The quantitative estimate of drug-likeness (QED) is 0.458. The van der Waals surface area contributed by atoms with Crippen LogP contribution < -0.4 is 0 Å². The molecule has 1 heterocycles. The Morgan fingerprint density at radius 2 is 2.44 bits per heavy atom. The van der Waals surface area contributed by atoms with Gasteiger partial charge < -0.3 is 0 Å². The summed E-state index contributed by atoms with van der Waals surface area (Å²) in [4.78, 5) is 3.91. The van der Waals surface area contributed by atoms with Gasteiger partial charge in [0.15, 0.2) is 0 Å². The van der Waals surface area contributed by atoms with Crippen LogP contribution in [0, 0.1) is 6.92 Å². The first kappa shape index (κ1) is 6.78. The molecule has 5 heteroatoms. The lowest BCUT2D eigenvalue weighted by Gasteiger charge is -1.72. The summed E-state index contributed by atoms with van der Waals surface area (Å²) in [5.74, 6) is 1.62. The molecule has 0 aliphatic heterocycles. The molecule has 0 saturated carbocycles. The Morgan fingerprint density at radius 3 is 2.89 bits per heavy atom. The molecule has 1 atom stereocenters. The van der Waals surface area contributed by atoms with Crippen LogP contribution in [-0.4, -0.2) is 16.2 Å². The standard InChI is InChI=1S/C4H6N3PS/c1-3-6-7-4(9-3)5-2-8/h2H,8H2,1H3. The average Bonchev–Trinajstić information content (AvgIpc) is 2.17. The van der Waals surface area contributed by atoms with Gasteiger partial charge in [-0.05, 0) is 6.92 Å². The van der Waals surface area contributed by atoms with Crippen molar-refractivity contribution < 1.29 is 0 Å². The Bertz CT molecular complexity index is 219. The van der Waals surface area contributed by atoms with Crippen LogP contribution in [-0.2, 0) is 0 Å². The fraction of sp³-hybridized carbons (Fsp3) is 0.250. The number of aromatic nitrogens is 2. The molecule has 3 nitrogen and oxygen atoms in total. The highest BCUT2D eigenvalue weighted by Crippen LogP contribution is 2.16. The van der Waals surface area contributed by atoms with E-state index in [-0.39, 0.29) is 0 Å². The van der Waals surface area contributed by atoms with Crippen LogP contribution in [0.4, 0.5) is 5.13 Å². The second kappa shape index (κ2) is 2.99. The monoisotopic (exact) mass is 159 g/mol. The number of hydrogen-bond donors (Lipinski definition) is 0. The van der Waals surface area contributed by atoms with Gasteiger partial charge in [-0.2, -0.15) is 0 Å². The van der Waals surface area contributed by atoms with Crippen LogP contribution in [0.25, 0.3) is 0 Å². The van der Waals surface area contributed by atoms with Gasteiger partial charge in [-0.25, -0.2) is 4.99 Å². The predicted molar refractivity (Wildman–Crippen MR) is 42.5 cm³/mol. The van der Waals surface area contributed by atoms with E-state index < -0.39 is 0 Å². The SMILES string of the molecule is Cc1nnc(N=CP)s1. The zero-order valence-electron chi connectivity index (χ0n) is 4.90. The van der Waals surface area contributed by atoms with Crippen LogP contribution in [0.2, 0.25) is 0 Å². The Hall–Kier alpha value is -0.340. The fourth-order valence-corrected chi connectivity index (χ4v) is 1.19. The zero-order chi connectivity index (χ0) is 6.69. The summed E-state index contributed by atoms with van der Waals surface area (Å²) in [7, 11) is 2.38. The number of rotatable bonds is 1. The lowest BCUT2D eigenvalue weighted by Crippen LogP contribution is -1.66. The van der Waals surface area contributed by atoms with Gasteiger partial charge in [0.2, 0.25) is 5.13 Å². The Balaban J connectivity index is 2.85. The molecule has 9 heavy (non-hydrogen) atoms. The fourth-order valence-electron chi connectivity index (χ4n) is 0.402. The molecule has 0 saturated heterocycles. The van der Waals surface area contributed by atoms with E-state index in [1.807, 2.05) is 6.92 Å². The van der Waals surface area contributed by atoms with Crippen molar-refractivity contribution in [2.24, 2.45) is 4.99 Å². The maximum Gasteiger partial charge on any atom is 0.231 e. The summed E-state index contributed by atoms with van der Waals surface area (Å²) in [5.41, 5.74) is 0. The van der Waals surface area contributed by atoms with Crippen molar-refractivity contribution in [3.05, 3.63) is 5.01 Å². The summed E-state index contributed by atoms with van der Waals surface area (Å²) in [5, 5.41) is 9.20. The average molecular weight is 159 g/mol. The molecule has 0 spiro atoms. The second-order valence-corrected chi connectivity index (χ2v) is 2.84. The first-order valence-electron chi connectivity index (χ1n) is 2.37. The molecule has 0 fully saturated rings. The summed E-state index contributed by atoms with van der Waals surface area (Å²) in [6.45, 7) is 1.90. The molecular formula is C4H6N3PS. The minimum Gasteiger partial charge on any atom is -0.226 e. The van der Waals surface area contributed by atoms with Crippen molar-refractivity contribution in [3.63, 3.8) is 0 Å². The zero-order valence-corrected chi connectivity index (χ0v) is 6.88. The molecule has 1 rings (SSSR count). The number of aryl methyl sites for hydroxylation is 1. The normalized spacial score (nSPS) is 10.9. The third-order valence-electron chi connectivity index (χ3n) is 0.700. The topological polar surface area (TPSA) is 38.1 Å². The van der Waals surface area contributed by atoms with Crippen LogP contribution in [0.5, 0.6) is 0 Å². The maximum atomic E-state index is 3.91. The van der Waals surface area contributed by atoms with Crippen LogP contribution >= 0.6 is 20.6 Å². The van der Waals surface area contributed by atoms with E-state index >= 15 is 0 Å². The highest BCUT2D eigenvalue weighted by molar-refractivity contribution is 7.37. The minimum atomic E-state index is 0.711. The Labute approximate surface area is 59.4 Å². The maximum absolute atomic E-state index is 3.91. The lowest BCUT2D eigenvalue weighted by atomic mass is 10.9. The van der Waals surface area contributed by atoms with E-state index in [1.165, 1.54) is 11.3 Å². The van der Waals surface area contributed by atoms with Crippen molar-refractivity contribution in [3.8, 4) is 0 Å². The van der Waals surface area contributed by atoms with E-state index in [0.717, 1.165) is 5.01 Å². The van der Waals surface area contributed by atoms with Gasteiger partial charge >= 0.3 is 0 Å². The van der Waals surface area contributed by atoms with Gasteiger partial charge in [-0.15, -0.1) is 10.2 Å². The van der Waals surface area contributed by atoms with Crippen molar-refractivity contribution in [2.45, 2.75) is 6.92 Å². The van der Waals surface area contributed by atoms with Gasteiger partial charge in [0.05, 0.1) is 0 Å². The first-order chi connectivity index (χ1) is 4.33. The molecule has 48 valence electrons. The Morgan fingerprint density at radius 1 is 1.67 bits per heavy atom. The molecule has 0 amide bonds. The summed E-state index contributed by atoms with van der Waals surface area (Å²) < 4.78 is 0. The summed E-state index contributed by atoms with van der Waals surface area (Å²) in [6, 6.07) is 0. The van der Waals surface area contributed by atoms with E-state index in [9.17, 15) is 0 Å². The number of aliphatic imine (C=N–C) groups is 1. The third kappa shape index (κ3) is 1.80. The molecular weight excluding hydrogens is 153 g/mol. The molecule has 0 aliphatic rings. The van der Waals surface area contributed by atoms with Crippen molar-refractivity contribution in [2.75, 3.05) is 0 Å². The largest absolute Gasteiger partial charge is 0.231 e. The predicted octanol–water partition coefficient (Wildman–Crippen LogP) is 1.38. The molecule has 1 unspecified atom stereocenters. The molecule has 0 aromatic carbocycles. The van der Waals surface area contributed by atoms with E-state index in [1.54, 1.807) is 5.96 Å². The highest BCUT2D eigenvalue weighted by atomic mass is 32.1. The second-order valence-electron chi connectivity index (χ2n) is 1.38. The molecule has 0 bridgehead atoms. The van der Waals surface area contributed by atoms with Gasteiger partial charge in [0.25, 0.3) is 0 Å². The summed E-state index contributed by atoms with van der Waals surface area (Å²) >= 11 is 1.48. The van der Waals surface area contributed by atoms with E-state index in [2.05, 4.69) is 24.4 Å². The van der Waals surface area contributed by atoms with Crippen LogP contribution in [0.15, 0.2) is 4.99 Å². The smallest absolute Gasteiger partial charge is 0.226 e. The van der Waals surface area contributed by atoms with Crippen molar-refractivity contribution in [1.82, 2.24) is 10.2 Å². The van der Waals surface area contributed by atoms with Crippen molar-refractivity contribution >= 4 is 31.7 Å². The molecule has 0 aliphatic carbocycles. The molecule has 0 N–H and O–H groups in total. The molecule has 1 aromatic rings. The van der Waals surface area contributed by atoms with Crippen LogP contribution in [0.1, 0.15) is 5.01 Å². The first-order valence-corrected chi connectivity index (χ1v) is 3.85. The van der Waals surface area contributed by atoms with Gasteiger partial charge in [-0.1, -0.05) is 20.6 Å². The minimum absolute atomic E-state index is 0.711. The highest BCUT2D eigenvalue weighted by Gasteiger charge is 1.93. The Kier molecular flexibility index (Phi) is 2.25. The lowest BCUT2D eigenvalue weighted by molar-refractivity contribution is 1.05. The molecule has 1 aromatic heterocycles. The van der Waals surface area contributed by atoms with Gasteiger partial charge in [-0.3, -0.25) is 0 Å². The van der Waals surface area contributed by atoms with Gasteiger partial charge in [0.1, 0.15) is 5.01 Å². The van der Waals surface area contributed by atoms with E-state index in [4.69, 9.17) is 0 Å². The van der Waals surface area contributed by atoms with Gasteiger partial charge in [0, 0.05) is 5.96 Å².